The number of carbonyl (C=O) groups excluding carboxylic acids is 1. The molecule has 1 unspecified atom stereocenters. The zero-order valence-electron chi connectivity index (χ0n) is 13.1. The van der Waals surface area contributed by atoms with E-state index in [1.54, 1.807) is 35.9 Å². The van der Waals surface area contributed by atoms with Crippen molar-refractivity contribution in [3.05, 3.63) is 61.6 Å². The molecule has 132 valence electrons. The maximum atomic E-state index is 12.3. The second-order valence-corrected chi connectivity index (χ2v) is 8.70. The number of nitrogens with one attached hydrogen (secondary N) is 1. The van der Waals surface area contributed by atoms with Crippen molar-refractivity contribution in [2.75, 3.05) is 10.2 Å². The predicted octanol–water partition coefficient (Wildman–Crippen LogP) is 5.51. The van der Waals surface area contributed by atoms with E-state index in [4.69, 9.17) is 28.9 Å². The number of hydrogen-bond donors (Lipinski definition) is 2. The zero-order valence-corrected chi connectivity index (χ0v) is 16.3. The van der Waals surface area contributed by atoms with Crippen LogP contribution in [0.4, 0.5) is 16.4 Å². The molecule has 1 amide bonds. The van der Waals surface area contributed by atoms with Gasteiger partial charge in [-0.05, 0) is 41.8 Å². The number of benzene rings is 1. The first-order chi connectivity index (χ1) is 12.5. The van der Waals surface area contributed by atoms with Crippen molar-refractivity contribution in [3.63, 3.8) is 0 Å². The van der Waals surface area contributed by atoms with Crippen LogP contribution in [0, 0.1) is 0 Å². The molecule has 0 bridgehead atoms. The quantitative estimate of drug-likeness (QED) is 0.584. The molecule has 3 N–H and O–H groups in total. The van der Waals surface area contributed by atoms with Gasteiger partial charge in [0, 0.05) is 16.9 Å². The molecule has 0 aliphatic carbocycles. The Bertz CT molecular complexity index is 997. The molecular weight excluding hydrogens is 411 g/mol. The molecule has 1 aliphatic heterocycles. The Labute approximate surface area is 167 Å². The van der Waals surface area contributed by atoms with Gasteiger partial charge in [-0.3, -0.25) is 4.79 Å². The van der Waals surface area contributed by atoms with Gasteiger partial charge in [-0.2, -0.15) is 0 Å². The van der Waals surface area contributed by atoms with Crippen LogP contribution in [0.1, 0.15) is 22.1 Å². The van der Waals surface area contributed by atoms with E-state index in [-0.39, 0.29) is 12.1 Å². The van der Waals surface area contributed by atoms with Crippen LogP contribution >= 0.6 is 45.9 Å². The van der Waals surface area contributed by atoms with Crippen LogP contribution in [-0.4, -0.2) is 12.2 Å². The van der Waals surface area contributed by atoms with Crippen molar-refractivity contribution in [3.8, 4) is 0 Å². The topological polar surface area (TPSA) is 70.7 Å². The largest absolute Gasteiger partial charge is 0.322 e. The van der Waals surface area contributed by atoms with Crippen LogP contribution in [0.5, 0.6) is 0 Å². The van der Waals surface area contributed by atoms with Gasteiger partial charge in [0.25, 0.3) is 5.91 Å². The number of rotatable bonds is 3. The van der Waals surface area contributed by atoms with Crippen molar-refractivity contribution < 1.29 is 4.79 Å². The molecular formula is C17H12Cl2N4OS2. The van der Waals surface area contributed by atoms with E-state index in [9.17, 15) is 4.79 Å². The normalized spacial score (nSPS) is 15.8. The number of amides is 1. The summed E-state index contributed by atoms with van der Waals surface area (Å²) in [7, 11) is 0. The molecule has 4 rings (SSSR count). The summed E-state index contributed by atoms with van der Waals surface area (Å²) in [5.74, 6) is -0.301. The average Bonchev–Trinajstić information content (AvgIpc) is 3.22. The monoisotopic (exact) mass is 422 g/mol. The first-order valence-corrected chi connectivity index (χ1v) is 10.00. The van der Waals surface area contributed by atoms with Gasteiger partial charge in [0.2, 0.25) is 0 Å². The SMILES string of the molecule is NC1c2ccsc2N=CN1c1ccc(NC(=O)c2cc(Cl)sc2Cl)cc1. The molecule has 2 aromatic heterocycles. The van der Waals surface area contributed by atoms with E-state index in [1.165, 1.54) is 0 Å². The van der Waals surface area contributed by atoms with Crippen LogP contribution in [0.15, 0.2) is 46.8 Å². The van der Waals surface area contributed by atoms with Gasteiger partial charge in [0.1, 0.15) is 15.5 Å². The van der Waals surface area contributed by atoms with Crippen molar-refractivity contribution in [1.82, 2.24) is 0 Å². The Balaban J connectivity index is 1.51. The Kier molecular flexibility index (Phi) is 4.73. The highest BCUT2D eigenvalue weighted by Crippen LogP contribution is 2.37. The molecule has 9 heteroatoms. The number of carbonyl (C=O) groups is 1. The number of hydrogen-bond acceptors (Lipinski definition) is 6. The van der Waals surface area contributed by atoms with Crippen molar-refractivity contribution in [1.29, 1.82) is 0 Å². The fraction of sp³-hybridized carbons (Fsp3) is 0.0588. The highest BCUT2D eigenvalue weighted by molar-refractivity contribution is 7.20. The molecule has 3 aromatic rings. The summed E-state index contributed by atoms with van der Waals surface area (Å²) < 4.78 is 0.841. The summed E-state index contributed by atoms with van der Waals surface area (Å²) >= 11 is 14.6. The van der Waals surface area contributed by atoms with Gasteiger partial charge in [-0.15, -0.1) is 22.7 Å². The lowest BCUT2D eigenvalue weighted by Gasteiger charge is -2.29. The van der Waals surface area contributed by atoms with E-state index in [0.29, 0.717) is 19.9 Å². The lowest BCUT2D eigenvalue weighted by Crippen LogP contribution is -2.35. The van der Waals surface area contributed by atoms with Gasteiger partial charge in [0.15, 0.2) is 0 Å². The first kappa shape index (κ1) is 17.5. The Morgan fingerprint density at radius 2 is 2.00 bits per heavy atom. The number of nitrogens with two attached hydrogens (primary N) is 1. The van der Waals surface area contributed by atoms with Gasteiger partial charge >= 0.3 is 0 Å². The van der Waals surface area contributed by atoms with E-state index < -0.39 is 0 Å². The Hall–Kier alpha value is -1.90. The lowest BCUT2D eigenvalue weighted by molar-refractivity contribution is 0.102. The molecule has 0 saturated heterocycles. The van der Waals surface area contributed by atoms with Crippen molar-refractivity contribution in [2.45, 2.75) is 6.17 Å². The number of anilines is 2. The first-order valence-electron chi connectivity index (χ1n) is 7.54. The fourth-order valence-corrected chi connectivity index (χ4v) is 4.85. The maximum absolute atomic E-state index is 12.3. The summed E-state index contributed by atoms with van der Waals surface area (Å²) in [5, 5.41) is 5.72. The van der Waals surface area contributed by atoms with Crippen LogP contribution < -0.4 is 16.0 Å². The number of halogens is 2. The van der Waals surface area contributed by atoms with Crippen molar-refractivity contribution in [2.24, 2.45) is 10.7 Å². The molecule has 1 aliphatic rings. The minimum atomic E-state index is -0.301. The standard InChI is InChI=1S/C17H12Cl2N4OS2/c18-13-7-12(14(19)26-13)16(24)22-9-1-3-10(4-2-9)23-8-21-17-11(15(23)20)5-6-25-17/h1-8,15H,20H2,(H,22,24). The van der Waals surface area contributed by atoms with E-state index in [2.05, 4.69) is 10.3 Å². The third-order valence-corrected chi connectivity index (χ3v) is 6.24. The number of fused-ring (bicyclic) bond motifs is 1. The maximum Gasteiger partial charge on any atom is 0.258 e. The molecule has 1 aromatic carbocycles. The van der Waals surface area contributed by atoms with E-state index in [0.717, 1.165) is 27.6 Å². The Morgan fingerprint density at radius 1 is 1.23 bits per heavy atom. The number of aliphatic imine (C=N–C) groups is 1. The molecule has 0 radical (unpaired) electrons. The summed E-state index contributed by atoms with van der Waals surface area (Å²) in [6.45, 7) is 0. The van der Waals surface area contributed by atoms with E-state index in [1.807, 2.05) is 28.5 Å². The number of thiophene rings is 2. The molecule has 5 nitrogen and oxygen atoms in total. The molecule has 0 saturated carbocycles. The highest BCUT2D eigenvalue weighted by atomic mass is 35.5. The smallest absolute Gasteiger partial charge is 0.258 e. The minimum Gasteiger partial charge on any atom is -0.322 e. The van der Waals surface area contributed by atoms with Gasteiger partial charge in [-0.25, -0.2) is 4.99 Å². The average molecular weight is 423 g/mol. The Morgan fingerprint density at radius 3 is 2.69 bits per heavy atom. The summed E-state index contributed by atoms with van der Waals surface area (Å²) in [5.41, 5.74) is 9.22. The molecule has 0 fully saturated rings. The summed E-state index contributed by atoms with van der Waals surface area (Å²) in [6.07, 6.45) is 1.44. The number of nitrogens with zero attached hydrogens (tertiary/aromatic N) is 2. The molecule has 0 spiro atoms. The minimum absolute atomic E-state index is 0.291. The fourth-order valence-electron chi connectivity index (χ4n) is 2.62. The van der Waals surface area contributed by atoms with Crippen molar-refractivity contribution >= 4 is 74.5 Å². The molecule has 3 heterocycles. The van der Waals surface area contributed by atoms with Crippen LogP contribution in [-0.2, 0) is 0 Å². The van der Waals surface area contributed by atoms with Crippen LogP contribution in [0.3, 0.4) is 0 Å². The second-order valence-electron chi connectivity index (χ2n) is 5.52. The van der Waals surface area contributed by atoms with Crippen LogP contribution in [0.25, 0.3) is 0 Å². The van der Waals surface area contributed by atoms with E-state index >= 15 is 0 Å². The van der Waals surface area contributed by atoms with Gasteiger partial charge in [-0.1, -0.05) is 23.2 Å². The van der Waals surface area contributed by atoms with Crippen LogP contribution in [0.2, 0.25) is 8.67 Å². The third-order valence-electron chi connectivity index (χ3n) is 3.92. The summed E-state index contributed by atoms with van der Waals surface area (Å²) in [4.78, 5) is 18.6. The summed E-state index contributed by atoms with van der Waals surface area (Å²) in [6, 6.07) is 10.9. The molecule has 26 heavy (non-hydrogen) atoms. The zero-order chi connectivity index (χ0) is 18.3. The highest BCUT2D eigenvalue weighted by Gasteiger charge is 2.23. The lowest BCUT2D eigenvalue weighted by atomic mass is 10.2. The molecule has 1 atom stereocenters. The third kappa shape index (κ3) is 3.24. The second kappa shape index (κ2) is 7.02. The van der Waals surface area contributed by atoms with Gasteiger partial charge < -0.3 is 16.0 Å². The van der Waals surface area contributed by atoms with Gasteiger partial charge in [0.05, 0.1) is 16.2 Å². The predicted molar refractivity (Wildman–Crippen MR) is 111 cm³/mol.